The number of aryl methyl sites for hydroxylation is 2. The molecule has 0 bridgehead atoms. The van der Waals surface area contributed by atoms with E-state index in [1.54, 1.807) is 4.90 Å². The number of fused-ring (bicyclic) bond motifs is 3. The SMILES string of the molecule is O=C(O)N1CCC2(CC1)CNc1cc3c(cc12)CCC3. The lowest BCUT2D eigenvalue weighted by Crippen LogP contribution is -2.45. The lowest BCUT2D eigenvalue weighted by Gasteiger charge is -2.38. The quantitative estimate of drug-likeness (QED) is 0.763. The van der Waals surface area contributed by atoms with Crippen molar-refractivity contribution >= 4 is 11.8 Å². The first-order valence-corrected chi connectivity index (χ1v) is 7.56. The monoisotopic (exact) mass is 272 g/mol. The van der Waals surface area contributed by atoms with E-state index in [2.05, 4.69) is 17.4 Å². The minimum atomic E-state index is -0.778. The van der Waals surface area contributed by atoms with Crippen molar-refractivity contribution in [2.24, 2.45) is 0 Å². The highest BCUT2D eigenvalue weighted by atomic mass is 16.4. The van der Waals surface area contributed by atoms with Crippen molar-refractivity contribution in [1.82, 2.24) is 4.90 Å². The van der Waals surface area contributed by atoms with E-state index in [-0.39, 0.29) is 5.41 Å². The minimum absolute atomic E-state index is 0.166. The van der Waals surface area contributed by atoms with Crippen molar-refractivity contribution in [2.45, 2.75) is 37.5 Å². The van der Waals surface area contributed by atoms with Gasteiger partial charge in [0.25, 0.3) is 0 Å². The number of likely N-dealkylation sites (tertiary alicyclic amines) is 1. The Morgan fingerprint density at radius 2 is 1.90 bits per heavy atom. The number of carboxylic acid groups (broad SMARTS) is 1. The molecule has 20 heavy (non-hydrogen) atoms. The number of piperidine rings is 1. The van der Waals surface area contributed by atoms with Gasteiger partial charge < -0.3 is 15.3 Å². The third-order valence-corrected chi connectivity index (χ3v) is 5.41. The molecular formula is C16H20N2O2. The van der Waals surface area contributed by atoms with E-state index in [0.29, 0.717) is 13.1 Å². The van der Waals surface area contributed by atoms with Crippen LogP contribution < -0.4 is 5.32 Å². The van der Waals surface area contributed by atoms with Gasteiger partial charge in [-0.25, -0.2) is 4.79 Å². The van der Waals surface area contributed by atoms with Gasteiger partial charge >= 0.3 is 6.09 Å². The van der Waals surface area contributed by atoms with Gasteiger partial charge in [-0.15, -0.1) is 0 Å². The molecule has 106 valence electrons. The Morgan fingerprint density at radius 1 is 1.20 bits per heavy atom. The zero-order valence-electron chi connectivity index (χ0n) is 11.6. The molecule has 0 unspecified atom stereocenters. The summed E-state index contributed by atoms with van der Waals surface area (Å²) in [6.07, 6.45) is 4.80. The second-order valence-corrected chi connectivity index (χ2v) is 6.42. The highest BCUT2D eigenvalue weighted by Crippen LogP contribution is 2.46. The smallest absolute Gasteiger partial charge is 0.407 e. The fraction of sp³-hybridized carbons (Fsp3) is 0.562. The summed E-state index contributed by atoms with van der Waals surface area (Å²) in [6, 6.07) is 4.75. The molecule has 1 saturated heterocycles. The number of hydrogen-bond donors (Lipinski definition) is 2. The van der Waals surface area contributed by atoms with Crippen molar-refractivity contribution < 1.29 is 9.90 Å². The van der Waals surface area contributed by atoms with E-state index in [1.165, 1.54) is 41.6 Å². The highest BCUT2D eigenvalue weighted by Gasteiger charge is 2.42. The molecule has 0 radical (unpaired) electrons. The van der Waals surface area contributed by atoms with Gasteiger partial charge in [-0.3, -0.25) is 0 Å². The van der Waals surface area contributed by atoms with Crippen molar-refractivity contribution in [2.75, 3.05) is 25.0 Å². The molecule has 1 aromatic rings. The van der Waals surface area contributed by atoms with Crippen LogP contribution in [0.3, 0.4) is 0 Å². The van der Waals surface area contributed by atoms with Gasteiger partial charge in [-0.2, -0.15) is 0 Å². The number of anilines is 1. The van der Waals surface area contributed by atoms with Gasteiger partial charge in [0.2, 0.25) is 0 Å². The largest absolute Gasteiger partial charge is 0.465 e. The molecule has 2 heterocycles. The fourth-order valence-electron chi connectivity index (χ4n) is 4.14. The van der Waals surface area contributed by atoms with Crippen LogP contribution >= 0.6 is 0 Å². The second kappa shape index (κ2) is 4.14. The van der Waals surface area contributed by atoms with E-state index < -0.39 is 6.09 Å². The summed E-state index contributed by atoms with van der Waals surface area (Å²) in [4.78, 5) is 12.6. The molecule has 4 rings (SSSR count). The number of amides is 1. The summed E-state index contributed by atoms with van der Waals surface area (Å²) in [5, 5.41) is 12.7. The van der Waals surface area contributed by atoms with E-state index in [0.717, 1.165) is 19.4 Å². The normalized spacial score (nSPS) is 22.5. The van der Waals surface area contributed by atoms with Crippen LogP contribution in [0, 0.1) is 0 Å². The van der Waals surface area contributed by atoms with Gasteiger partial charge in [-0.1, -0.05) is 6.07 Å². The van der Waals surface area contributed by atoms with Crippen molar-refractivity contribution in [3.63, 3.8) is 0 Å². The summed E-state index contributed by atoms with van der Waals surface area (Å²) in [5.74, 6) is 0. The Labute approximate surface area is 118 Å². The molecule has 3 aliphatic rings. The summed E-state index contributed by atoms with van der Waals surface area (Å²) in [6.45, 7) is 2.29. The number of carbonyl (C=O) groups is 1. The molecule has 2 N–H and O–H groups in total. The molecule has 1 amide bonds. The van der Waals surface area contributed by atoms with Crippen molar-refractivity contribution in [3.8, 4) is 0 Å². The molecule has 1 spiro atoms. The van der Waals surface area contributed by atoms with Gasteiger partial charge in [-0.05, 0) is 54.9 Å². The molecule has 4 heteroatoms. The number of rotatable bonds is 0. The zero-order valence-corrected chi connectivity index (χ0v) is 11.6. The first-order valence-electron chi connectivity index (χ1n) is 7.56. The van der Waals surface area contributed by atoms with Crippen LogP contribution in [0.1, 0.15) is 36.0 Å². The van der Waals surface area contributed by atoms with Crippen LogP contribution in [0.2, 0.25) is 0 Å². The molecule has 1 fully saturated rings. The summed E-state index contributed by atoms with van der Waals surface area (Å²) in [7, 11) is 0. The van der Waals surface area contributed by atoms with Crippen LogP contribution in [0.5, 0.6) is 0 Å². The lowest BCUT2D eigenvalue weighted by molar-refractivity contribution is 0.119. The van der Waals surface area contributed by atoms with E-state index in [4.69, 9.17) is 5.11 Å². The lowest BCUT2D eigenvalue weighted by atomic mass is 9.74. The van der Waals surface area contributed by atoms with E-state index in [1.807, 2.05) is 0 Å². The van der Waals surface area contributed by atoms with Gasteiger partial charge in [0.05, 0.1) is 0 Å². The molecule has 0 aromatic heterocycles. The van der Waals surface area contributed by atoms with Gasteiger partial charge in [0.15, 0.2) is 0 Å². The average Bonchev–Trinajstić information content (AvgIpc) is 3.03. The predicted molar refractivity (Wildman–Crippen MR) is 77.5 cm³/mol. The summed E-state index contributed by atoms with van der Waals surface area (Å²) in [5.41, 5.74) is 5.94. The van der Waals surface area contributed by atoms with Crippen molar-refractivity contribution in [3.05, 3.63) is 28.8 Å². The molecule has 0 saturated carbocycles. The van der Waals surface area contributed by atoms with Crippen LogP contribution in [-0.2, 0) is 18.3 Å². The van der Waals surface area contributed by atoms with Crippen LogP contribution in [0.4, 0.5) is 10.5 Å². The number of benzene rings is 1. The number of hydrogen-bond acceptors (Lipinski definition) is 2. The summed E-state index contributed by atoms with van der Waals surface area (Å²) >= 11 is 0. The fourth-order valence-corrected chi connectivity index (χ4v) is 4.14. The highest BCUT2D eigenvalue weighted by molar-refractivity contribution is 5.67. The van der Waals surface area contributed by atoms with Crippen LogP contribution in [-0.4, -0.2) is 35.7 Å². The Morgan fingerprint density at radius 3 is 2.60 bits per heavy atom. The van der Waals surface area contributed by atoms with Gasteiger partial charge in [0, 0.05) is 30.7 Å². The molecule has 2 aliphatic heterocycles. The standard InChI is InChI=1S/C16H20N2O2/c19-15(20)18-6-4-16(5-7-18)10-17-14-9-12-3-1-2-11(12)8-13(14)16/h8-9,17H,1-7,10H2,(H,19,20). The van der Waals surface area contributed by atoms with E-state index in [9.17, 15) is 4.79 Å². The Hall–Kier alpha value is -1.71. The maximum Gasteiger partial charge on any atom is 0.407 e. The Bertz CT molecular complexity index is 574. The maximum absolute atomic E-state index is 11.1. The van der Waals surface area contributed by atoms with Gasteiger partial charge in [0.1, 0.15) is 0 Å². The first kappa shape index (κ1) is 12.1. The van der Waals surface area contributed by atoms with E-state index >= 15 is 0 Å². The summed E-state index contributed by atoms with van der Waals surface area (Å²) < 4.78 is 0. The third-order valence-electron chi connectivity index (χ3n) is 5.41. The number of nitrogens with one attached hydrogen (secondary N) is 1. The minimum Gasteiger partial charge on any atom is -0.465 e. The van der Waals surface area contributed by atoms with Crippen LogP contribution in [0.15, 0.2) is 12.1 Å². The molecule has 1 aromatic carbocycles. The first-order chi connectivity index (χ1) is 9.68. The Balaban J connectivity index is 1.66. The zero-order chi connectivity index (χ0) is 13.7. The third kappa shape index (κ3) is 1.63. The topological polar surface area (TPSA) is 52.6 Å². The molecule has 1 aliphatic carbocycles. The number of nitrogens with zero attached hydrogens (tertiary/aromatic N) is 1. The van der Waals surface area contributed by atoms with Crippen molar-refractivity contribution in [1.29, 1.82) is 0 Å². The Kier molecular flexibility index (Phi) is 2.50. The second-order valence-electron chi connectivity index (χ2n) is 6.42. The van der Waals surface area contributed by atoms with Crippen LogP contribution in [0.25, 0.3) is 0 Å². The molecular weight excluding hydrogens is 252 g/mol. The predicted octanol–water partition coefficient (Wildman–Crippen LogP) is 2.61. The molecule has 4 nitrogen and oxygen atoms in total. The average molecular weight is 272 g/mol. The maximum atomic E-state index is 11.1. The molecule has 0 atom stereocenters.